The summed E-state index contributed by atoms with van der Waals surface area (Å²) in [6, 6.07) is 10.6. The van der Waals surface area contributed by atoms with Crippen molar-refractivity contribution in [3.63, 3.8) is 0 Å². The number of halogens is 2. The number of amides is 2. The summed E-state index contributed by atoms with van der Waals surface area (Å²) in [5.74, 6) is 0. The summed E-state index contributed by atoms with van der Waals surface area (Å²) in [7, 11) is 2.55. The summed E-state index contributed by atoms with van der Waals surface area (Å²) >= 11 is 12.1. The Balaban J connectivity index is 2.21. The quantitative estimate of drug-likeness (QED) is 0.784. The van der Waals surface area contributed by atoms with Crippen molar-refractivity contribution in [2.24, 2.45) is 0 Å². The van der Waals surface area contributed by atoms with Crippen LogP contribution in [0.5, 0.6) is 0 Å². The summed E-state index contributed by atoms with van der Waals surface area (Å²) in [5, 5.41) is 5.91. The van der Waals surface area contributed by atoms with Gasteiger partial charge in [-0.25, -0.2) is 9.59 Å². The molecule has 0 saturated carbocycles. The van der Waals surface area contributed by atoms with Crippen LogP contribution in [-0.4, -0.2) is 26.4 Å². The average molecular weight is 383 g/mol. The van der Waals surface area contributed by atoms with Crippen molar-refractivity contribution in [3.8, 4) is 0 Å². The fourth-order valence-electron chi connectivity index (χ4n) is 2.11. The van der Waals surface area contributed by atoms with Crippen LogP contribution >= 0.6 is 23.2 Å². The van der Waals surface area contributed by atoms with Gasteiger partial charge >= 0.3 is 12.2 Å². The first-order chi connectivity index (χ1) is 11.9. The molecular formula is C17H16Cl2N2O4. The van der Waals surface area contributed by atoms with Crippen LogP contribution in [0.3, 0.4) is 0 Å². The molecule has 8 heteroatoms. The van der Waals surface area contributed by atoms with Gasteiger partial charge in [0.2, 0.25) is 0 Å². The van der Waals surface area contributed by atoms with Gasteiger partial charge in [-0.2, -0.15) is 0 Å². The van der Waals surface area contributed by atoms with Crippen molar-refractivity contribution < 1.29 is 19.1 Å². The Morgan fingerprint density at radius 2 is 1.24 bits per heavy atom. The van der Waals surface area contributed by atoms with Crippen molar-refractivity contribution in [2.45, 2.75) is 6.42 Å². The topological polar surface area (TPSA) is 76.7 Å². The summed E-state index contributed by atoms with van der Waals surface area (Å²) in [6.07, 6.45) is -0.662. The number of nitrogens with one attached hydrogen (secondary N) is 2. The Bertz CT molecular complexity index is 731. The van der Waals surface area contributed by atoms with Gasteiger partial charge < -0.3 is 9.47 Å². The third kappa shape index (κ3) is 5.27. The zero-order chi connectivity index (χ0) is 18.4. The molecule has 132 valence electrons. The average Bonchev–Trinajstić information content (AvgIpc) is 2.60. The van der Waals surface area contributed by atoms with E-state index in [9.17, 15) is 9.59 Å². The molecule has 0 unspecified atom stereocenters. The van der Waals surface area contributed by atoms with Crippen LogP contribution < -0.4 is 10.6 Å². The maximum absolute atomic E-state index is 11.4. The minimum atomic E-state index is -0.602. The number of benzene rings is 2. The van der Waals surface area contributed by atoms with Gasteiger partial charge in [-0.1, -0.05) is 35.3 Å². The molecule has 0 atom stereocenters. The summed E-state index contributed by atoms with van der Waals surface area (Å²) in [4.78, 5) is 22.7. The molecule has 2 aromatic carbocycles. The number of methoxy groups -OCH3 is 2. The fourth-order valence-corrected chi connectivity index (χ4v) is 2.44. The predicted octanol–water partition coefficient (Wildman–Crippen LogP) is 4.94. The molecule has 0 radical (unpaired) electrons. The van der Waals surface area contributed by atoms with E-state index in [-0.39, 0.29) is 0 Å². The molecule has 0 saturated heterocycles. The number of rotatable bonds is 4. The van der Waals surface area contributed by atoms with Crippen molar-refractivity contribution in [1.82, 2.24) is 0 Å². The zero-order valence-corrected chi connectivity index (χ0v) is 15.1. The lowest BCUT2D eigenvalue weighted by Gasteiger charge is -2.11. The molecule has 0 aliphatic carbocycles. The highest BCUT2D eigenvalue weighted by atomic mass is 35.5. The fraction of sp³-hybridized carbons (Fsp3) is 0.176. The van der Waals surface area contributed by atoms with Crippen molar-refractivity contribution in [2.75, 3.05) is 24.9 Å². The minimum absolute atomic E-state index is 0.401. The first-order valence-corrected chi connectivity index (χ1v) is 7.95. The zero-order valence-electron chi connectivity index (χ0n) is 13.6. The van der Waals surface area contributed by atoms with E-state index in [1.165, 1.54) is 14.2 Å². The summed E-state index contributed by atoms with van der Waals surface area (Å²) in [5.41, 5.74) is 2.71. The minimum Gasteiger partial charge on any atom is -0.453 e. The number of hydrogen-bond acceptors (Lipinski definition) is 4. The number of ether oxygens (including phenoxy) is 2. The molecule has 0 aliphatic rings. The van der Waals surface area contributed by atoms with Gasteiger partial charge in [-0.3, -0.25) is 10.6 Å². The maximum Gasteiger partial charge on any atom is 0.411 e. The monoisotopic (exact) mass is 382 g/mol. The van der Waals surface area contributed by atoms with Crippen molar-refractivity contribution in [3.05, 3.63) is 57.6 Å². The van der Waals surface area contributed by atoms with Gasteiger partial charge in [-0.15, -0.1) is 0 Å². The highest BCUT2D eigenvalue weighted by molar-refractivity contribution is 6.34. The molecule has 0 bridgehead atoms. The maximum atomic E-state index is 11.4. The number of hydrogen-bond donors (Lipinski definition) is 2. The van der Waals surface area contributed by atoms with E-state index in [1.54, 1.807) is 24.3 Å². The number of carbonyl (C=O) groups is 2. The molecule has 2 rings (SSSR count). The smallest absolute Gasteiger partial charge is 0.411 e. The van der Waals surface area contributed by atoms with E-state index < -0.39 is 12.2 Å². The molecule has 2 amide bonds. The molecule has 0 fully saturated rings. The predicted molar refractivity (Wildman–Crippen MR) is 97.8 cm³/mol. The molecular weight excluding hydrogens is 367 g/mol. The van der Waals surface area contributed by atoms with Gasteiger partial charge in [0.25, 0.3) is 0 Å². The third-order valence-electron chi connectivity index (χ3n) is 3.31. The molecule has 6 nitrogen and oxygen atoms in total. The van der Waals surface area contributed by atoms with Crippen molar-refractivity contribution in [1.29, 1.82) is 0 Å². The van der Waals surface area contributed by atoms with Crippen LogP contribution in [0, 0.1) is 0 Å². The van der Waals surface area contributed by atoms with Gasteiger partial charge in [-0.05, 0) is 41.8 Å². The van der Waals surface area contributed by atoms with Crippen LogP contribution in [0.15, 0.2) is 36.4 Å². The Morgan fingerprint density at radius 3 is 1.60 bits per heavy atom. The highest BCUT2D eigenvalue weighted by Gasteiger charge is 2.09. The van der Waals surface area contributed by atoms with E-state index in [4.69, 9.17) is 23.2 Å². The Labute approximate surface area is 155 Å². The molecule has 25 heavy (non-hydrogen) atoms. The lowest BCUT2D eigenvalue weighted by atomic mass is 10.0. The first-order valence-electron chi connectivity index (χ1n) is 7.19. The third-order valence-corrected chi connectivity index (χ3v) is 3.97. The second-order valence-corrected chi connectivity index (χ2v) is 5.85. The molecule has 0 aromatic heterocycles. The number of carbonyl (C=O) groups excluding carboxylic acids is 2. The lowest BCUT2D eigenvalue weighted by Crippen LogP contribution is -2.12. The van der Waals surface area contributed by atoms with Gasteiger partial charge in [0.05, 0.1) is 35.6 Å². The summed E-state index contributed by atoms with van der Waals surface area (Å²) in [6.45, 7) is 0. The van der Waals surface area contributed by atoms with E-state index in [0.717, 1.165) is 11.1 Å². The van der Waals surface area contributed by atoms with Gasteiger partial charge in [0, 0.05) is 0 Å². The van der Waals surface area contributed by atoms with Crippen LogP contribution in [0.1, 0.15) is 11.1 Å². The van der Waals surface area contributed by atoms with E-state index in [2.05, 4.69) is 20.1 Å². The molecule has 0 heterocycles. The molecule has 0 spiro atoms. The largest absolute Gasteiger partial charge is 0.453 e. The first kappa shape index (κ1) is 18.9. The SMILES string of the molecule is COC(=O)Nc1cc(Cc2ccc(Cl)c(NC(=O)OC)c2)ccc1Cl. The van der Waals surface area contributed by atoms with Crippen LogP contribution in [-0.2, 0) is 15.9 Å². The number of anilines is 2. The normalized spacial score (nSPS) is 10.1. The Hall–Kier alpha value is -2.44. The van der Waals surface area contributed by atoms with Crippen LogP contribution in [0.25, 0.3) is 0 Å². The van der Waals surface area contributed by atoms with Gasteiger partial charge in [0.1, 0.15) is 0 Å². The second-order valence-electron chi connectivity index (χ2n) is 5.04. The van der Waals surface area contributed by atoms with E-state index in [0.29, 0.717) is 27.8 Å². The van der Waals surface area contributed by atoms with Crippen LogP contribution in [0.4, 0.5) is 21.0 Å². The Morgan fingerprint density at radius 1 is 0.840 bits per heavy atom. The van der Waals surface area contributed by atoms with Crippen LogP contribution in [0.2, 0.25) is 10.0 Å². The van der Waals surface area contributed by atoms with Crippen molar-refractivity contribution >= 4 is 46.8 Å². The molecule has 2 N–H and O–H groups in total. The summed E-state index contributed by atoms with van der Waals surface area (Å²) < 4.78 is 9.14. The highest BCUT2D eigenvalue weighted by Crippen LogP contribution is 2.27. The molecule has 2 aromatic rings. The lowest BCUT2D eigenvalue weighted by molar-refractivity contribution is 0.186. The standard InChI is InChI=1S/C17H16Cl2N2O4/c1-24-16(22)20-14-8-10(3-5-12(14)18)7-11-4-6-13(19)15(9-11)21-17(23)25-2/h3-6,8-9H,7H2,1-2H3,(H,20,22)(H,21,23). The molecule has 0 aliphatic heterocycles. The van der Waals surface area contributed by atoms with E-state index >= 15 is 0 Å². The van der Waals surface area contributed by atoms with E-state index in [1.807, 2.05) is 12.1 Å². The second kappa shape index (κ2) is 8.60. The van der Waals surface area contributed by atoms with Gasteiger partial charge in [0.15, 0.2) is 0 Å². The Kier molecular flexibility index (Phi) is 6.50.